The van der Waals surface area contributed by atoms with E-state index in [-0.39, 0.29) is 18.3 Å². The fourth-order valence-electron chi connectivity index (χ4n) is 4.26. The summed E-state index contributed by atoms with van der Waals surface area (Å²) in [5.74, 6) is 0.470. The zero-order valence-corrected chi connectivity index (χ0v) is 17.7. The van der Waals surface area contributed by atoms with Crippen LogP contribution in [0.5, 0.6) is 0 Å². The third kappa shape index (κ3) is 3.52. The number of rotatable bonds is 4. The normalized spacial score (nSPS) is 15.2. The van der Waals surface area contributed by atoms with Crippen molar-refractivity contribution in [3.05, 3.63) is 77.0 Å². The number of hydrogen-bond donors (Lipinski definition) is 1. The van der Waals surface area contributed by atoms with Crippen LogP contribution in [0, 0.1) is 12.7 Å². The molecule has 2 aromatic carbocycles. The third-order valence-corrected chi connectivity index (χ3v) is 5.93. The molecule has 156 valence electrons. The molecule has 0 aliphatic carbocycles. The predicted molar refractivity (Wildman–Crippen MR) is 115 cm³/mol. The van der Waals surface area contributed by atoms with Crippen LogP contribution in [0.3, 0.4) is 0 Å². The van der Waals surface area contributed by atoms with Crippen LogP contribution in [0.4, 0.5) is 4.39 Å². The van der Waals surface area contributed by atoms with Gasteiger partial charge in [0.15, 0.2) is 0 Å². The van der Waals surface area contributed by atoms with Gasteiger partial charge in [-0.15, -0.1) is 0 Å². The first-order chi connectivity index (χ1) is 14.3. The Morgan fingerprint density at radius 3 is 2.40 bits per heavy atom. The van der Waals surface area contributed by atoms with E-state index in [2.05, 4.69) is 35.8 Å². The Balaban J connectivity index is 1.85. The minimum atomic E-state index is -0.588. The molecule has 0 bridgehead atoms. The fourth-order valence-corrected chi connectivity index (χ4v) is 4.26. The Morgan fingerprint density at radius 2 is 1.77 bits per heavy atom. The lowest BCUT2D eigenvalue weighted by Crippen LogP contribution is -2.53. The number of carbonyl (C=O) groups excluding carboxylic acids is 1. The van der Waals surface area contributed by atoms with Crippen molar-refractivity contribution in [1.82, 2.24) is 14.5 Å². The van der Waals surface area contributed by atoms with Gasteiger partial charge >= 0.3 is 0 Å². The Morgan fingerprint density at radius 1 is 1.10 bits per heavy atom. The monoisotopic (exact) mass is 406 g/mol. The highest BCUT2D eigenvalue weighted by Crippen LogP contribution is 2.36. The smallest absolute Gasteiger partial charge is 0.237 e. The highest BCUT2D eigenvalue weighted by molar-refractivity contribution is 5.79. The third-order valence-electron chi connectivity index (χ3n) is 5.93. The molecular formula is C24H27FN4O. The molecule has 0 spiro atoms. The topological polar surface area (TPSA) is 64.2 Å². The molecule has 1 amide bonds. The van der Waals surface area contributed by atoms with Crippen molar-refractivity contribution >= 4 is 5.91 Å². The average Bonchev–Trinajstić information content (AvgIpc) is 3.09. The number of halogens is 1. The summed E-state index contributed by atoms with van der Waals surface area (Å²) < 4.78 is 15.8. The van der Waals surface area contributed by atoms with Crippen molar-refractivity contribution in [1.29, 1.82) is 0 Å². The van der Waals surface area contributed by atoms with Crippen molar-refractivity contribution < 1.29 is 9.18 Å². The van der Waals surface area contributed by atoms with Gasteiger partial charge in [-0.2, -0.15) is 0 Å². The van der Waals surface area contributed by atoms with E-state index in [4.69, 9.17) is 10.7 Å². The van der Waals surface area contributed by atoms with Crippen LogP contribution >= 0.6 is 0 Å². The maximum Gasteiger partial charge on any atom is 0.237 e. The minimum Gasteiger partial charge on any atom is -0.327 e. The van der Waals surface area contributed by atoms with Gasteiger partial charge in [0.25, 0.3) is 0 Å². The Hall–Kier alpha value is -2.99. The molecule has 0 saturated carbocycles. The molecule has 2 heterocycles. The molecule has 2 N–H and O–H groups in total. The number of carbonyl (C=O) groups is 1. The lowest BCUT2D eigenvalue weighted by Gasteiger charge is -2.42. The highest BCUT2D eigenvalue weighted by atomic mass is 19.1. The van der Waals surface area contributed by atoms with Crippen molar-refractivity contribution in [2.24, 2.45) is 5.73 Å². The van der Waals surface area contributed by atoms with Gasteiger partial charge in [0.05, 0.1) is 23.5 Å². The van der Waals surface area contributed by atoms with E-state index >= 15 is 0 Å². The lowest BCUT2D eigenvalue weighted by atomic mass is 9.98. The number of nitrogens with two attached hydrogens (primary N) is 1. The van der Waals surface area contributed by atoms with Gasteiger partial charge in [-0.1, -0.05) is 29.8 Å². The molecule has 1 aliphatic heterocycles. The number of hydrogen-bond acceptors (Lipinski definition) is 3. The highest BCUT2D eigenvalue weighted by Gasteiger charge is 2.40. The van der Waals surface area contributed by atoms with Crippen molar-refractivity contribution in [2.45, 2.75) is 39.3 Å². The van der Waals surface area contributed by atoms with Crippen molar-refractivity contribution in [2.75, 3.05) is 13.1 Å². The van der Waals surface area contributed by atoms with E-state index in [0.29, 0.717) is 19.5 Å². The number of aryl methyl sites for hydroxylation is 1. The lowest BCUT2D eigenvalue weighted by molar-refractivity contribution is -0.137. The second-order valence-corrected chi connectivity index (χ2v) is 8.36. The number of benzene rings is 2. The molecule has 30 heavy (non-hydrogen) atoms. The first-order valence-corrected chi connectivity index (χ1v) is 10.2. The molecule has 5 nitrogen and oxygen atoms in total. The van der Waals surface area contributed by atoms with E-state index in [9.17, 15) is 9.18 Å². The Bertz CT molecular complexity index is 1070. The molecule has 0 saturated heterocycles. The first kappa shape index (κ1) is 20.3. The van der Waals surface area contributed by atoms with Crippen LogP contribution < -0.4 is 5.73 Å². The maximum atomic E-state index is 13.5. The van der Waals surface area contributed by atoms with Crippen molar-refractivity contribution in [3.63, 3.8) is 0 Å². The molecule has 6 heteroatoms. The molecule has 0 unspecified atom stereocenters. The second kappa shape index (κ2) is 7.69. The molecular weight excluding hydrogens is 379 g/mol. The van der Waals surface area contributed by atoms with Gasteiger partial charge in [0.2, 0.25) is 5.91 Å². The molecule has 1 aliphatic rings. The van der Waals surface area contributed by atoms with Gasteiger partial charge in [-0.05, 0) is 50.6 Å². The summed E-state index contributed by atoms with van der Waals surface area (Å²) in [6.07, 6.45) is 0.709. The molecule has 0 fully saturated rings. The minimum absolute atomic E-state index is 0.0226. The summed E-state index contributed by atoms with van der Waals surface area (Å²) in [6.45, 7) is 7.28. The predicted octanol–water partition coefficient (Wildman–Crippen LogP) is 3.62. The quantitative estimate of drug-likeness (QED) is 0.720. The summed E-state index contributed by atoms with van der Waals surface area (Å²) in [7, 11) is 0. The average molecular weight is 407 g/mol. The maximum absolute atomic E-state index is 13.5. The SMILES string of the molecule is Cc1ccc(Cc2c(-c3ccc(F)cc3)nc3n2CCN(C(=O)CN)C3(C)C)cc1. The van der Waals surface area contributed by atoms with Crippen molar-refractivity contribution in [3.8, 4) is 11.3 Å². The zero-order valence-electron chi connectivity index (χ0n) is 17.7. The summed E-state index contributed by atoms with van der Waals surface area (Å²) in [5.41, 5.74) is 10.2. The van der Waals surface area contributed by atoms with Gasteiger partial charge in [-0.25, -0.2) is 9.37 Å². The van der Waals surface area contributed by atoms with Crippen LogP contribution in [0.15, 0.2) is 48.5 Å². The molecule has 0 radical (unpaired) electrons. The number of imidazole rings is 1. The number of amides is 1. The van der Waals surface area contributed by atoms with E-state index < -0.39 is 5.54 Å². The Labute approximate surface area is 176 Å². The Kier molecular flexibility index (Phi) is 5.20. The van der Waals surface area contributed by atoms with Gasteiger partial charge in [0.1, 0.15) is 11.6 Å². The second-order valence-electron chi connectivity index (χ2n) is 8.36. The molecule has 4 rings (SSSR count). The fraction of sp³-hybridized carbons (Fsp3) is 0.333. The van der Waals surface area contributed by atoms with Crippen LogP contribution in [0.1, 0.15) is 36.5 Å². The summed E-state index contributed by atoms with van der Waals surface area (Å²) in [5, 5.41) is 0. The number of nitrogens with zero attached hydrogens (tertiary/aromatic N) is 3. The summed E-state index contributed by atoms with van der Waals surface area (Å²) in [6, 6.07) is 14.9. The van der Waals surface area contributed by atoms with Gasteiger partial charge in [0, 0.05) is 25.1 Å². The standard InChI is InChI=1S/C24H27FN4O/c1-16-4-6-17(7-5-16)14-20-22(18-8-10-19(25)11-9-18)27-23-24(2,3)29(21(30)15-26)13-12-28(20)23/h4-11H,12-15,26H2,1-3H3. The summed E-state index contributed by atoms with van der Waals surface area (Å²) >= 11 is 0. The van der Waals surface area contributed by atoms with Gasteiger partial charge < -0.3 is 15.2 Å². The van der Waals surface area contributed by atoms with Crippen LogP contribution in [0.25, 0.3) is 11.3 Å². The molecule has 0 atom stereocenters. The van der Waals surface area contributed by atoms with Crippen LogP contribution in [0.2, 0.25) is 0 Å². The van der Waals surface area contributed by atoms with E-state index in [1.807, 2.05) is 13.8 Å². The van der Waals surface area contributed by atoms with Crippen LogP contribution in [-0.2, 0) is 23.3 Å². The van der Waals surface area contributed by atoms with E-state index in [1.54, 1.807) is 17.0 Å². The van der Waals surface area contributed by atoms with Crippen LogP contribution in [-0.4, -0.2) is 33.4 Å². The molecule has 3 aromatic rings. The summed E-state index contributed by atoms with van der Waals surface area (Å²) in [4.78, 5) is 19.2. The molecule has 1 aromatic heterocycles. The van der Waals surface area contributed by atoms with Gasteiger partial charge in [-0.3, -0.25) is 4.79 Å². The zero-order chi connectivity index (χ0) is 21.5. The number of aromatic nitrogens is 2. The van der Waals surface area contributed by atoms with E-state index in [0.717, 1.165) is 22.8 Å². The van der Waals surface area contributed by atoms with E-state index in [1.165, 1.54) is 23.3 Å². The largest absolute Gasteiger partial charge is 0.327 e. The first-order valence-electron chi connectivity index (χ1n) is 10.2. The number of fused-ring (bicyclic) bond motifs is 1.